The van der Waals surface area contributed by atoms with E-state index in [4.69, 9.17) is 0 Å². The maximum Gasteiger partial charge on any atom is 0.0292 e. The van der Waals surface area contributed by atoms with Crippen molar-refractivity contribution in [1.82, 2.24) is 10.2 Å². The van der Waals surface area contributed by atoms with Gasteiger partial charge in [-0.05, 0) is 73.1 Å². The van der Waals surface area contributed by atoms with Crippen LogP contribution >= 0.6 is 22.6 Å². The smallest absolute Gasteiger partial charge is 0.0292 e. The largest absolute Gasteiger partial charge is 0.309 e. The number of likely N-dealkylation sites (tertiary alicyclic amines) is 1. The first-order chi connectivity index (χ1) is 9.25. The van der Waals surface area contributed by atoms with E-state index in [9.17, 15) is 0 Å². The van der Waals surface area contributed by atoms with Gasteiger partial charge in [-0.15, -0.1) is 0 Å². The Morgan fingerprint density at radius 3 is 2.37 bits per heavy atom. The Kier molecular flexibility index (Phi) is 6.61. The Balaban J connectivity index is 1.71. The second kappa shape index (κ2) is 8.22. The Bertz CT molecular complexity index is 356. The van der Waals surface area contributed by atoms with Gasteiger partial charge in [0, 0.05) is 22.7 Å². The minimum absolute atomic E-state index is 0.448. The highest BCUT2D eigenvalue weighted by molar-refractivity contribution is 14.1. The third kappa shape index (κ3) is 5.40. The number of halogens is 1. The van der Waals surface area contributed by atoms with Crippen molar-refractivity contribution < 1.29 is 0 Å². The molecule has 1 aliphatic heterocycles. The lowest BCUT2D eigenvalue weighted by atomic mass is 10.1. The summed E-state index contributed by atoms with van der Waals surface area (Å²) in [6.45, 7) is 7.12. The van der Waals surface area contributed by atoms with Gasteiger partial charge in [-0.2, -0.15) is 0 Å². The minimum atomic E-state index is 0.448. The van der Waals surface area contributed by atoms with Crippen LogP contribution in [0.2, 0.25) is 0 Å². The molecular weight excluding hydrogens is 347 g/mol. The summed E-state index contributed by atoms with van der Waals surface area (Å²) in [5.74, 6) is 0. The minimum Gasteiger partial charge on any atom is -0.309 e. The average molecular weight is 372 g/mol. The molecule has 0 saturated carbocycles. The molecule has 3 heteroatoms. The molecule has 2 nitrogen and oxygen atoms in total. The standard InChI is InChI=1S/C16H25IN2/c1-14(15-6-8-16(17)9-7-15)18-10-13-19-11-4-2-3-5-12-19/h6-9,14,18H,2-5,10-13H2,1H3. The van der Waals surface area contributed by atoms with Crippen molar-refractivity contribution in [3.63, 3.8) is 0 Å². The summed E-state index contributed by atoms with van der Waals surface area (Å²) in [5, 5.41) is 3.64. The van der Waals surface area contributed by atoms with Crippen molar-refractivity contribution in [3.8, 4) is 0 Å². The quantitative estimate of drug-likeness (QED) is 0.791. The zero-order valence-corrected chi connectivity index (χ0v) is 14.0. The predicted molar refractivity (Wildman–Crippen MR) is 90.5 cm³/mol. The molecule has 1 aromatic carbocycles. The number of benzene rings is 1. The third-order valence-electron chi connectivity index (χ3n) is 3.95. The van der Waals surface area contributed by atoms with E-state index in [0.29, 0.717) is 6.04 Å². The molecule has 1 atom stereocenters. The lowest BCUT2D eigenvalue weighted by Gasteiger charge is -2.21. The van der Waals surface area contributed by atoms with Crippen molar-refractivity contribution in [1.29, 1.82) is 0 Å². The Morgan fingerprint density at radius 2 is 1.74 bits per heavy atom. The first kappa shape index (κ1) is 15.3. The predicted octanol–water partition coefficient (Wildman–Crippen LogP) is 3.82. The van der Waals surface area contributed by atoms with Crippen LogP contribution in [-0.2, 0) is 0 Å². The number of hydrogen-bond donors (Lipinski definition) is 1. The summed E-state index contributed by atoms with van der Waals surface area (Å²) in [6, 6.07) is 9.27. The molecule has 1 fully saturated rings. The third-order valence-corrected chi connectivity index (χ3v) is 4.67. The molecule has 106 valence electrons. The van der Waals surface area contributed by atoms with E-state index >= 15 is 0 Å². The molecule has 1 saturated heterocycles. The molecule has 2 rings (SSSR count). The second-order valence-electron chi connectivity index (χ2n) is 5.48. The van der Waals surface area contributed by atoms with Crippen LogP contribution in [0, 0.1) is 3.57 Å². The van der Waals surface area contributed by atoms with E-state index in [2.05, 4.69) is 64.0 Å². The normalized spacial score (nSPS) is 19.1. The zero-order chi connectivity index (χ0) is 13.5. The summed E-state index contributed by atoms with van der Waals surface area (Å²) >= 11 is 2.35. The summed E-state index contributed by atoms with van der Waals surface area (Å²) in [7, 11) is 0. The first-order valence-corrected chi connectivity index (χ1v) is 8.55. The van der Waals surface area contributed by atoms with Crippen LogP contribution < -0.4 is 5.32 Å². The Hall–Kier alpha value is -0.130. The SMILES string of the molecule is CC(NCCN1CCCCCC1)c1ccc(I)cc1. The van der Waals surface area contributed by atoms with E-state index in [1.165, 1.54) is 54.5 Å². The molecular formula is C16H25IN2. The van der Waals surface area contributed by atoms with Crippen LogP contribution in [0.5, 0.6) is 0 Å². The topological polar surface area (TPSA) is 15.3 Å². The monoisotopic (exact) mass is 372 g/mol. The van der Waals surface area contributed by atoms with Gasteiger partial charge in [0.05, 0.1) is 0 Å². The zero-order valence-electron chi connectivity index (χ0n) is 11.9. The molecule has 0 radical (unpaired) electrons. The van der Waals surface area contributed by atoms with Crippen molar-refractivity contribution >= 4 is 22.6 Å². The van der Waals surface area contributed by atoms with Crippen LogP contribution in [0.1, 0.15) is 44.2 Å². The first-order valence-electron chi connectivity index (χ1n) is 7.47. The maximum absolute atomic E-state index is 3.64. The number of rotatable bonds is 5. The van der Waals surface area contributed by atoms with Gasteiger partial charge in [0.1, 0.15) is 0 Å². The van der Waals surface area contributed by atoms with Gasteiger partial charge in [0.25, 0.3) is 0 Å². The van der Waals surface area contributed by atoms with Gasteiger partial charge in [-0.3, -0.25) is 0 Å². The van der Waals surface area contributed by atoms with Crippen LogP contribution in [-0.4, -0.2) is 31.1 Å². The highest BCUT2D eigenvalue weighted by Crippen LogP contribution is 2.14. The number of nitrogens with one attached hydrogen (secondary N) is 1. The molecule has 1 N–H and O–H groups in total. The second-order valence-corrected chi connectivity index (χ2v) is 6.73. The van der Waals surface area contributed by atoms with E-state index in [0.717, 1.165) is 6.54 Å². The van der Waals surface area contributed by atoms with Crippen LogP contribution in [0.25, 0.3) is 0 Å². The van der Waals surface area contributed by atoms with Gasteiger partial charge >= 0.3 is 0 Å². The van der Waals surface area contributed by atoms with Crippen LogP contribution in [0.3, 0.4) is 0 Å². The molecule has 0 aromatic heterocycles. The fourth-order valence-electron chi connectivity index (χ4n) is 2.67. The van der Waals surface area contributed by atoms with E-state index < -0.39 is 0 Å². The van der Waals surface area contributed by atoms with Crippen LogP contribution in [0.4, 0.5) is 0 Å². The molecule has 19 heavy (non-hydrogen) atoms. The molecule has 0 spiro atoms. The Morgan fingerprint density at radius 1 is 1.11 bits per heavy atom. The fourth-order valence-corrected chi connectivity index (χ4v) is 3.03. The van der Waals surface area contributed by atoms with Crippen molar-refractivity contribution in [2.45, 2.75) is 38.6 Å². The van der Waals surface area contributed by atoms with Crippen molar-refractivity contribution in [3.05, 3.63) is 33.4 Å². The van der Waals surface area contributed by atoms with Crippen molar-refractivity contribution in [2.75, 3.05) is 26.2 Å². The van der Waals surface area contributed by atoms with E-state index in [1.807, 2.05) is 0 Å². The lowest BCUT2D eigenvalue weighted by molar-refractivity contribution is 0.280. The maximum atomic E-state index is 3.64. The molecule has 1 aromatic rings. The average Bonchev–Trinajstić information content (AvgIpc) is 2.68. The molecule has 1 aliphatic rings. The summed E-state index contributed by atoms with van der Waals surface area (Å²) in [4.78, 5) is 2.61. The van der Waals surface area contributed by atoms with Gasteiger partial charge in [0.15, 0.2) is 0 Å². The summed E-state index contributed by atoms with van der Waals surface area (Å²) in [5.41, 5.74) is 1.39. The fraction of sp³-hybridized carbons (Fsp3) is 0.625. The van der Waals surface area contributed by atoms with E-state index in [1.54, 1.807) is 0 Å². The van der Waals surface area contributed by atoms with Gasteiger partial charge in [0.2, 0.25) is 0 Å². The molecule has 0 bridgehead atoms. The molecule has 0 amide bonds. The van der Waals surface area contributed by atoms with E-state index in [-0.39, 0.29) is 0 Å². The number of nitrogens with zero attached hydrogens (tertiary/aromatic N) is 1. The lowest BCUT2D eigenvalue weighted by Crippen LogP contribution is -2.33. The number of hydrogen-bond acceptors (Lipinski definition) is 2. The van der Waals surface area contributed by atoms with Gasteiger partial charge in [-0.1, -0.05) is 25.0 Å². The molecule has 0 aliphatic carbocycles. The van der Waals surface area contributed by atoms with Crippen molar-refractivity contribution in [2.24, 2.45) is 0 Å². The summed E-state index contributed by atoms with van der Waals surface area (Å²) < 4.78 is 1.30. The van der Waals surface area contributed by atoms with Gasteiger partial charge in [-0.25, -0.2) is 0 Å². The molecule has 1 heterocycles. The highest BCUT2D eigenvalue weighted by atomic mass is 127. The van der Waals surface area contributed by atoms with Gasteiger partial charge < -0.3 is 10.2 Å². The summed E-state index contributed by atoms with van der Waals surface area (Å²) in [6.07, 6.45) is 5.60. The van der Waals surface area contributed by atoms with Crippen LogP contribution in [0.15, 0.2) is 24.3 Å². The Labute approximate surface area is 131 Å². The highest BCUT2D eigenvalue weighted by Gasteiger charge is 2.09. The molecule has 1 unspecified atom stereocenters.